The number of hydrogen-bond donors (Lipinski definition) is 1. The van der Waals surface area contributed by atoms with Gasteiger partial charge in [-0.25, -0.2) is 0 Å². The normalized spacial score (nSPS) is 10.9. The minimum absolute atomic E-state index is 0.114. The highest BCUT2D eigenvalue weighted by molar-refractivity contribution is 5.68. The Bertz CT molecular complexity index is 606. The molecule has 0 spiro atoms. The van der Waals surface area contributed by atoms with Crippen molar-refractivity contribution < 1.29 is 4.92 Å². The highest BCUT2D eigenvalue weighted by atomic mass is 16.6. The molecule has 2 aromatic rings. The molecule has 0 aliphatic carbocycles. The molecule has 1 aromatic carbocycles. The van der Waals surface area contributed by atoms with Gasteiger partial charge in [-0.3, -0.25) is 10.1 Å². The zero-order valence-corrected chi connectivity index (χ0v) is 10.8. The molecule has 7 heteroatoms. The van der Waals surface area contributed by atoms with E-state index in [1.54, 1.807) is 12.4 Å². The molecule has 0 fully saturated rings. The molecule has 0 amide bonds. The minimum atomic E-state index is -0.498. The summed E-state index contributed by atoms with van der Waals surface area (Å²) in [6, 6.07) is 4.65. The highest BCUT2D eigenvalue weighted by Crippen LogP contribution is 2.27. The topological polar surface area (TPSA) is 99.9 Å². The van der Waals surface area contributed by atoms with Crippen LogP contribution in [0.15, 0.2) is 24.5 Å². The van der Waals surface area contributed by atoms with Crippen molar-refractivity contribution in [2.45, 2.75) is 20.4 Å². The number of aromatic nitrogens is 3. The predicted octanol–water partition coefficient (Wildman–Crippen LogP) is 2.09. The molecule has 19 heavy (non-hydrogen) atoms. The first-order valence-corrected chi connectivity index (χ1v) is 5.91. The van der Waals surface area contributed by atoms with Crippen LogP contribution in [0.25, 0.3) is 11.4 Å². The molecule has 100 valence electrons. The van der Waals surface area contributed by atoms with Crippen molar-refractivity contribution in [3.8, 4) is 11.4 Å². The van der Waals surface area contributed by atoms with E-state index in [2.05, 4.69) is 24.0 Å². The van der Waals surface area contributed by atoms with Gasteiger partial charge in [0.1, 0.15) is 12.0 Å². The van der Waals surface area contributed by atoms with Crippen LogP contribution in [0.3, 0.4) is 0 Å². The molecule has 7 nitrogen and oxygen atoms in total. The molecule has 0 saturated heterocycles. The van der Waals surface area contributed by atoms with Crippen molar-refractivity contribution >= 4 is 11.4 Å². The van der Waals surface area contributed by atoms with Crippen LogP contribution < -0.4 is 5.73 Å². The Morgan fingerprint density at radius 2 is 2.21 bits per heavy atom. The van der Waals surface area contributed by atoms with E-state index in [0.29, 0.717) is 17.3 Å². The zero-order valence-electron chi connectivity index (χ0n) is 10.8. The molecule has 0 aliphatic rings. The maximum absolute atomic E-state index is 10.9. The van der Waals surface area contributed by atoms with Crippen LogP contribution in [0.1, 0.15) is 13.8 Å². The molecular weight excluding hydrogens is 246 g/mol. The average Bonchev–Trinajstić information content (AvgIpc) is 2.76. The fourth-order valence-electron chi connectivity index (χ4n) is 1.85. The predicted molar refractivity (Wildman–Crippen MR) is 71.4 cm³/mol. The number of nitrogen functional groups attached to an aromatic ring is 1. The summed E-state index contributed by atoms with van der Waals surface area (Å²) in [5.74, 6) is 1.04. The van der Waals surface area contributed by atoms with Crippen LogP contribution in [0.4, 0.5) is 11.4 Å². The van der Waals surface area contributed by atoms with Gasteiger partial charge in [0.15, 0.2) is 5.82 Å². The summed E-state index contributed by atoms with van der Waals surface area (Å²) in [7, 11) is 0. The Labute approximate surface area is 110 Å². The van der Waals surface area contributed by atoms with Crippen LogP contribution >= 0.6 is 0 Å². The molecule has 0 bridgehead atoms. The van der Waals surface area contributed by atoms with Crippen molar-refractivity contribution in [2.24, 2.45) is 5.92 Å². The molecule has 0 unspecified atom stereocenters. The van der Waals surface area contributed by atoms with Gasteiger partial charge in [0.05, 0.1) is 4.92 Å². The molecule has 1 heterocycles. The Balaban J connectivity index is 2.45. The van der Waals surface area contributed by atoms with Gasteiger partial charge in [0.2, 0.25) is 0 Å². The molecule has 0 aliphatic heterocycles. The van der Waals surface area contributed by atoms with Gasteiger partial charge in [0, 0.05) is 18.2 Å². The fraction of sp³-hybridized carbons (Fsp3) is 0.333. The molecule has 1 aromatic heterocycles. The largest absolute Gasteiger partial charge is 0.393 e. The lowest BCUT2D eigenvalue weighted by Gasteiger charge is -2.09. The summed E-state index contributed by atoms with van der Waals surface area (Å²) in [4.78, 5) is 10.4. The summed E-state index contributed by atoms with van der Waals surface area (Å²) in [5, 5.41) is 18.8. The van der Waals surface area contributed by atoms with Crippen molar-refractivity contribution in [3.05, 3.63) is 34.6 Å². The van der Waals surface area contributed by atoms with Gasteiger partial charge in [-0.15, -0.1) is 10.2 Å². The Morgan fingerprint density at radius 3 is 2.84 bits per heavy atom. The van der Waals surface area contributed by atoms with Crippen molar-refractivity contribution in [1.29, 1.82) is 0 Å². The lowest BCUT2D eigenvalue weighted by Crippen LogP contribution is -2.05. The molecular formula is C12H15N5O2. The van der Waals surface area contributed by atoms with Crippen LogP contribution in [0.5, 0.6) is 0 Å². The van der Waals surface area contributed by atoms with E-state index in [0.717, 1.165) is 6.54 Å². The summed E-state index contributed by atoms with van der Waals surface area (Å²) in [6.45, 7) is 4.91. The minimum Gasteiger partial charge on any atom is -0.393 e. The Hall–Kier alpha value is -2.44. The number of anilines is 1. The molecule has 2 N–H and O–H groups in total. The smallest absolute Gasteiger partial charge is 0.292 e. The van der Waals surface area contributed by atoms with Gasteiger partial charge in [-0.05, 0) is 18.1 Å². The number of hydrogen-bond acceptors (Lipinski definition) is 5. The fourth-order valence-corrected chi connectivity index (χ4v) is 1.85. The van der Waals surface area contributed by atoms with Gasteiger partial charge in [-0.1, -0.05) is 13.8 Å². The van der Waals surface area contributed by atoms with Crippen molar-refractivity contribution in [2.75, 3.05) is 5.73 Å². The molecule has 2 rings (SSSR count). The van der Waals surface area contributed by atoms with E-state index in [4.69, 9.17) is 5.73 Å². The average molecular weight is 261 g/mol. The van der Waals surface area contributed by atoms with Crippen LogP contribution in [-0.4, -0.2) is 19.7 Å². The van der Waals surface area contributed by atoms with Crippen LogP contribution in [-0.2, 0) is 6.54 Å². The SMILES string of the molecule is CC(C)Cn1cnnc1-c1ccc(N)c([N+](=O)[O-])c1. The van der Waals surface area contributed by atoms with Crippen LogP contribution in [0.2, 0.25) is 0 Å². The van der Waals surface area contributed by atoms with Gasteiger partial charge < -0.3 is 10.3 Å². The maximum Gasteiger partial charge on any atom is 0.292 e. The standard InChI is InChI=1S/C12H15N5O2/c1-8(2)6-16-7-14-15-12(16)9-3-4-10(13)11(5-9)17(18)19/h3-5,7-8H,6,13H2,1-2H3. The Kier molecular flexibility index (Phi) is 3.46. The third kappa shape index (κ3) is 2.70. The van der Waals surface area contributed by atoms with E-state index in [9.17, 15) is 10.1 Å². The lowest BCUT2D eigenvalue weighted by atomic mass is 10.1. The lowest BCUT2D eigenvalue weighted by molar-refractivity contribution is -0.383. The number of nitro groups is 1. The first-order chi connectivity index (χ1) is 8.99. The van der Waals surface area contributed by atoms with Crippen molar-refractivity contribution in [3.63, 3.8) is 0 Å². The van der Waals surface area contributed by atoms with E-state index in [-0.39, 0.29) is 11.4 Å². The number of nitrogens with two attached hydrogens (primary N) is 1. The third-order valence-corrected chi connectivity index (χ3v) is 2.66. The summed E-state index contributed by atoms with van der Waals surface area (Å²) in [5.41, 5.74) is 6.24. The molecule has 0 saturated carbocycles. The zero-order chi connectivity index (χ0) is 14.0. The second-order valence-corrected chi connectivity index (χ2v) is 4.73. The molecule has 0 radical (unpaired) electrons. The monoisotopic (exact) mass is 261 g/mol. The van der Waals surface area contributed by atoms with Gasteiger partial charge in [0.25, 0.3) is 5.69 Å². The van der Waals surface area contributed by atoms with Gasteiger partial charge >= 0.3 is 0 Å². The van der Waals surface area contributed by atoms with E-state index in [1.807, 2.05) is 4.57 Å². The van der Waals surface area contributed by atoms with Crippen molar-refractivity contribution in [1.82, 2.24) is 14.8 Å². The number of nitro benzene ring substituents is 1. The first-order valence-electron chi connectivity index (χ1n) is 5.91. The highest BCUT2D eigenvalue weighted by Gasteiger charge is 2.16. The second-order valence-electron chi connectivity index (χ2n) is 4.73. The van der Waals surface area contributed by atoms with E-state index < -0.39 is 4.92 Å². The molecule has 0 atom stereocenters. The summed E-state index contributed by atoms with van der Waals surface area (Å²) in [6.07, 6.45) is 1.62. The second kappa shape index (κ2) is 5.05. The third-order valence-electron chi connectivity index (χ3n) is 2.66. The quantitative estimate of drug-likeness (QED) is 0.516. The first kappa shape index (κ1) is 13.0. The van der Waals surface area contributed by atoms with Crippen LogP contribution in [0, 0.1) is 16.0 Å². The van der Waals surface area contributed by atoms with E-state index in [1.165, 1.54) is 12.1 Å². The summed E-state index contributed by atoms with van der Waals surface area (Å²) < 4.78 is 1.87. The number of nitrogens with zero attached hydrogens (tertiary/aromatic N) is 4. The van der Waals surface area contributed by atoms with E-state index >= 15 is 0 Å². The number of rotatable bonds is 4. The Morgan fingerprint density at radius 1 is 1.47 bits per heavy atom. The summed E-state index contributed by atoms with van der Waals surface area (Å²) >= 11 is 0. The number of benzene rings is 1. The van der Waals surface area contributed by atoms with Gasteiger partial charge in [-0.2, -0.15) is 0 Å². The maximum atomic E-state index is 10.9.